The number of nitrogens with zero attached hydrogens (tertiary/aromatic N) is 2. The molecule has 1 saturated heterocycles. The van der Waals surface area contributed by atoms with Crippen molar-refractivity contribution in [2.75, 3.05) is 23.7 Å². The van der Waals surface area contributed by atoms with Crippen molar-refractivity contribution in [2.45, 2.75) is 45.8 Å². The van der Waals surface area contributed by atoms with Crippen molar-refractivity contribution in [1.29, 1.82) is 0 Å². The highest BCUT2D eigenvalue weighted by atomic mass is 32.1. The smallest absolute Gasteiger partial charge is 0.410 e. The first-order valence-corrected chi connectivity index (χ1v) is 9.41. The first-order valence-electron chi connectivity index (χ1n) is 8.78. The molecule has 0 saturated carbocycles. The molecule has 5 nitrogen and oxygen atoms in total. The second kappa shape index (κ2) is 6.90. The number of hydrogen-bond acceptors (Lipinski definition) is 4. The van der Waals surface area contributed by atoms with Gasteiger partial charge in [0.25, 0.3) is 0 Å². The molecule has 2 amide bonds. The lowest BCUT2D eigenvalue weighted by Crippen LogP contribution is -2.40. The van der Waals surface area contributed by atoms with E-state index >= 15 is 0 Å². The zero-order valence-corrected chi connectivity index (χ0v) is 16.0. The van der Waals surface area contributed by atoms with Crippen molar-refractivity contribution >= 4 is 30.3 Å². The third-order valence-electron chi connectivity index (χ3n) is 4.63. The van der Waals surface area contributed by atoms with E-state index in [2.05, 4.69) is 18.7 Å². The van der Waals surface area contributed by atoms with E-state index in [9.17, 15) is 9.59 Å². The zero-order valence-electron chi connectivity index (χ0n) is 15.1. The topological polar surface area (TPSA) is 49.9 Å². The van der Waals surface area contributed by atoms with Crippen LogP contribution in [0.15, 0.2) is 18.2 Å². The number of thiol groups is 1. The van der Waals surface area contributed by atoms with Gasteiger partial charge in [0, 0.05) is 31.7 Å². The molecule has 2 aliphatic heterocycles. The maximum absolute atomic E-state index is 12.3. The van der Waals surface area contributed by atoms with Gasteiger partial charge in [0.2, 0.25) is 5.91 Å². The number of hydrogen-bond donors (Lipinski definition) is 1. The van der Waals surface area contributed by atoms with Crippen LogP contribution in [-0.4, -0.2) is 41.3 Å². The Morgan fingerprint density at radius 1 is 1.32 bits per heavy atom. The average molecular weight is 362 g/mol. The van der Waals surface area contributed by atoms with E-state index in [0.29, 0.717) is 25.4 Å². The Morgan fingerprint density at radius 3 is 2.72 bits per heavy atom. The quantitative estimate of drug-likeness (QED) is 0.822. The SMILES string of the molecule is CC(C)(C)OC(=O)N1CCc2ccc(N3CC(CS)CC3=O)cc2C1. The number of fused-ring (bicyclic) bond motifs is 1. The second-order valence-electron chi connectivity index (χ2n) is 7.86. The third-order valence-corrected chi connectivity index (χ3v) is 5.15. The minimum atomic E-state index is -0.497. The second-order valence-corrected chi connectivity index (χ2v) is 8.23. The Morgan fingerprint density at radius 2 is 2.08 bits per heavy atom. The maximum Gasteiger partial charge on any atom is 0.410 e. The fourth-order valence-corrected chi connectivity index (χ4v) is 3.59. The van der Waals surface area contributed by atoms with Crippen LogP contribution in [-0.2, 0) is 22.5 Å². The first kappa shape index (κ1) is 18.1. The van der Waals surface area contributed by atoms with Gasteiger partial charge in [-0.05, 0) is 62.1 Å². The molecule has 3 rings (SSSR count). The van der Waals surface area contributed by atoms with Crippen LogP contribution in [0, 0.1) is 5.92 Å². The number of carbonyl (C=O) groups excluding carboxylic acids is 2. The Kier molecular flexibility index (Phi) is 5.00. The summed E-state index contributed by atoms with van der Waals surface area (Å²) in [7, 11) is 0. The normalized spacial score (nSPS) is 20.6. The minimum Gasteiger partial charge on any atom is -0.444 e. The molecule has 1 fully saturated rings. The van der Waals surface area contributed by atoms with E-state index in [4.69, 9.17) is 4.74 Å². The molecule has 0 N–H and O–H groups in total. The molecule has 0 spiro atoms. The molecule has 25 heavy (non-hydrogen) atoms. The van der Waals surface area contributed by atoms with Crippen LogP contribution in [0.4, 0.5) is 10.5 Å². The van der Waals surface area contributed by atoms with Crippen LogP contribution in [0.1, 0.15) is 38.3 Å². The van der Waals surface area contributed by atoms with E-state index < -0.39 is 5.60 Å². The van der Waals surface area contributed by atoms with Gasteiger partial charge in [-0.25, -0.2) is 4.79 Å². The van der Waals surface area contributed by atoms with Gasteiger partial charge in [-0.15, -0.1) is 0 Å². The summed E-state index contributed by atoms with van der Waals surface area (Å²) >= 11 is 4.32. The van der Waals surface area contributed by atoms with Crippen molar-refractivity contribution in [3.63, 3.8) is 0 Å². The summed E-state index contributed by atoms with van der Waals surface area (Å²) < 4.78 is 5.48. The highest BCUT2D eigenvalue weighted by Crippen LogP contribution is 2.30. The predicted molar refractivity (Wildman–Crippen MR) is 101 cm³/mol. The molecular weight excluding hydrogens is 336 g/mol. The molecular formula is C19H26N2O3S. The predicted octanol–water partition coefficient (Wildman–Crippen LogP) is 3.26. The largest absolute Gasteiger partial charge is 0.444 e. The van der Waals surface area contributed by atoms with Crippen LogP contribution in [0.2, 0.25) is 0 Å². The third kappa shape index (κ3) is 4.11. The van der Waals surface area contributed by atoms with Gasteiger partial charge in [0.05, 0.1) is 0 Å². The van der Waals surface area contributed by atoms with Gasteiger partial charge in [-0.3, -0.25) is 4.79 Å². The monoisotopic (exact) mass is 362 g/mol. The first-order chi connectivity index (χ1) is 11.8. The summed E-state index contributed by atoms with van der Waals surface area (Å²) in [6, 6.07) is 6.14. The molecule has 1 unspecified atom stereocenters. The number of benzene rings is 1. The van der Waals surface area contributed by atoms with Crippen LogP contribution < -0.4 is 4.90 Å². The fourth-order valence-electron chi connectivity index (χ4n) is 3.35. The standard InChI is InChI=1S/C19H26N2O3S/c1-19(2,3)24-18(23)20-7-6-14-4-5-16(9-15(14)11-20)21-10-13(12-25)8-17(21)22/h4-5,9,13,25H,6-8,10-12H2,1-3H3. The highest BCUT2D eigenvalue weighted by Gasteiger charge is 2.31. The maximum atomic E-state index is 12.3. The number of carbonyl (C=O) groups is 2. The molecule has 0 aliphatic carbocycles. The number of rotatable bonds is 2. The Bertz CT molecular complexity index is 684. The summed E-state index contributed by atoms with van der Waals surface area (Å²) in [6.07, 6.45) is 1.09. The van der Waals surface area contributed by atoms with Gasteiger partial charge in [0.15, 0.2) is 0 Å². The van der Waals surface area contributed by atoms with Crippen LogP contribution in [0.3, 0.4) is 0 Å². The number of anilines is 1. The molecule has 0 radical (unpaired) electrons. The number of ether oxygens (including phenoxy) is 1. The Balaban J connectivity index is 1.76. The summed E-state index contributed by atoms with van der Waals surface area (Å²) in [5.41, 5.74) is 2.75. The van der Waals surface area contributed by atoms with Crippen LogP contribution in [0.5, 0.6) is 0 Å². The molecule has 1 aromatic rings. The molecule has 1 atom stereocenters. The Hall–Kier alpha value is -1.69. The van der Waals surface area contributed by atoms with Crippen molar-refractivity contribution in [2.24, 2.45) is 5.92 Å². The van der Waals surface area contributed by atoms with Gasteiger partial charge < -0.3 is 14.5 Å². The average Bonchev–Trinajstić information content (AvgIpc) is 2.93. The van der Waals surface area contributed by atoms with E-state index in [0.717, 1.165) is 30.0 Å². The van der Waals surface area contributed by atoms with Gasteiger partial charge in [0.1, 0.15) is 5.60 Å². The zero-order chi connectivity index (χ0) is 18.2. The number of amides is 2. The van der Waals surface area contributed by atoms with Crippen molar-refractivity contribution in [3.8, 4) is 0 Å². The van der Waals surface area contributed by atoms with E-state index in [1.807, 2.05) is 37.8 Å². The van der Waals surface area contributed by atoms with Crippen molar-refractivity contribution < 1.29 is 14.3 Å². The lowest BCUT2D eigenvalue weighted by molar-refractivity contribution is -0.117. The van der Waals surface area contributed by atoms with E-state index in [1.54, 1.807) is 4.90 Å². The van der Waals surface area contributed by atoms with Crippen LogP contribution in [0.25, 0.3) is 0 Å². The molecule has 6 heteroatoms. The minimum absolute atomic E-state index is 0.152. The van der Waals surface area contributed by atoms with Gasteiger partial charge in [-0.2, -0.15) is 12.6 Å². The van der Waals surface area contributed by atoms with Gasteiger partial charge in [-0.1, -0.05) is 6.07 Å². The summed E-state index contributed by atoms with van der Waals surface area (Å²) in [4.78, 5) is 28.2. The highest BCUT2D eigenvalue weighted by molar-refractivity contribution is 7.80. The summed E-state index contributed by atoms with van der Waals surface area (Å²) in [5, 5.41) is 0. The summed E-state index contributed by atoms with van der Waals surface area (Å²) in [6.45, 7) is 7.52. The van der Waals surface area contributed by atoms with Crippen LogP contribution >= 0.6 is 12.6 Å². The van der Waals surface area contributed by atoms with Crippen molar-refractivity contribution in [3.05, 3.63) is 29.3 Å². The molecule has 1 aromatic carbocycles. The lowest BCUT2D eigenvalue weighted by Gasteiger charge is -2.32. The molecule has 2 aliphatic rings. The molecule has 2 heterocycles. The van der Waals surface area contributed by atoms with Gasteiger partial charge >= 0.3 is 6.09 Å². The Labute approximate surface area is 154 Å². The fraction of sp³-hybridized carbons (Fsp3) is 0.579. The lowest BCUT2D eigenvalue weighted by atomic mass is 9.99. The van der Waals surface area contributed by atoms with Crippen molar-refractivity contribution in [1.82, 2.24) is 4.90 Å². The summed E-state index contributed by atoms with van der Waals surface area (Å²) in [5.74, 6) is 1.18. The molecule has 0 aromatic heterocycles. The van der Waals surface area contributed by atoms with E-state index in [1.165, 1.54) is 5.56 Å². The molecule has 0 bridgehead atoms. The molecule has 136 valence electrons. The van der Waals surface area contributed by atoms with E-state index in [-0.39, 0.29) is 12.0 Å².